The highest BCUT2D eigenvalue weighted by Crippen LogP contribution is 2.34. The number of carbonyl (C=O) groups excluding carboxylic acids is 3. The standard InChI is InChI=1S/C21H22N4O3/c26-19(9-11-25-20(27)16-6-2-3-7-17(16)21(25)28)23-13-15-5-1-4-8-18(15)24-12-10-22-14-24/h1-5,8,10,12,14,16-17H,6-7,9,11,13H2,(H,23,26)/t16-,17+. The molecule has 1 aromatic heterocycles. The number of hydrogen-bond acceptors (Lipinski definition) is 4. The molecule has 7 nitrogen and oxygen atoms in total. The zero-order valence-electron chi connectivity index (χ0n) is 15.5. The largest absolute Gasteiger partial charge is 0.352 e. The van der Waals surface area contributed by atoms with Gasteiger partial charge in [0.1, 0.15) is 0 Å². The molecule has 144 valence electrons. The van der Waals surface area contributed by atoms with E-state index in [9.17, 15) is 14.4 Å². The van der Waals surface area contributed by atoms with Gasteiger partial charge in [0.05, 0.1) is 23.9 Å². The molecule has 2 aromatic rings. The SMILES string of the molecule is O=C(CCN1C(=O)[C@H]2CC=CC[C@H]2C1=O)NCc1ccccc1-n1ccnc1. The molecule has 1 N–H and O–H groups in total. The second-order valence-electron chi connectivity index (χ2n) is 7.11. The molecular weight excluding hydrogens is 356 g/mol. The lowest BCUT2D eigenvalue weighted by Gasteiger charge is -2.15. The van der Waals surface area contributed by atoms with Crippen LogP contribution >= 0.6 is 0 Å². The van der Waals surface area contributed by atoms with Crippen LogP contribution in [0, 0.1) is 11.8 Å². The molecule has 1 aromatic carbocycles. The van der Waals surface area contributed by atoms with Gasteiger partial charge in [-0.05, 0) is 24.5 Å². The average Bonchev–Trinajstić information content (AvgIpc) is 3.34. The first-order valence-corrected chi connectivity index (χ1v) is 9.48. The maximum atomic E-state index is 12.4. The zero-order valence-corrected chi connectivity index (χ0v) is 15.5. The fourth-order valence-electron chi connectivity index (χ4n) is 3.90. The van der Waals surface area contributed by atoms with Gasteiger partial charge in [-0.15, -0.1) is 0 Å². The fraction of sp³-hybridized carbons (Fsp3) is 0.333. The number of allylic oxidation sites excluding steroid dienone is 2. The van der Waals surface area contributed by atoms with Crippen LogP contribution in [-0.2, 0) is 20.9 Å². The number of amides is 3. The van der Waals surface area contributed by atoms with E-state index in [0.29, 0.717) is 19.4 Å². The minimum atomic E-state index is -0.248. The number of rotatable bonds is 6. The molecule has 4 rings (SSSR count). The molecule has 1 saturated heterocycles. The molecule has 0 unspecified atom stereocenters. The van der Waals surface area contributed by atoms with Crippen LogP contribution in [0.3, 0.4) is 0 Å². The molecule has 3 amide bonds. The molecule has 7 heteroatoms. The van der Waals surface area contributed by atoms with E-state index in [1.807, 2.05) is 47.2 Å². The van der Waals surface area contributed by atoms with E-state index in [1.54, 1.807) is 12.5 Å². The van der Waals surface area contributed by atoms with Crippen LogP contribution in [0.25, 0.3) is 5.69 Å². The van der Waals surface area contributed by atoms with Gasteiger partial charge in [-0.2, -0.15) is 0 Å². The number of imidazole rings is 1. The lowest BCUT2D eigenvalue weighted by Crippen LogP contribution is -2.35. The number of para-hydroxylation sites is 1. The van der Waals surface area contributed by atoms with Gasteiger partial charge < -0.3 is 9.88 Å². The third kappa shape index (κ3) is 3.47. The third-order valence-electron chi connectivity index (χ3n) is 5.41. The Labute approximate surface area is 163 Å². The molecule has 1 aliphatic heterocycles. The summed E-state index contributed by atoms with van der Waals surface area (Å²) in [5, 5.41) is 2.88. The van der Waals surface area contributed by atoms with Crippen molar-refractivity contribution in [3.8, 4) is 5.69 Å². The molecule has 1 fully saturated rings. The van der Waals surface area contributed by atoms with Gasteiger partial charge in [0.15, 0.2) is 0 Å². The lowest BCUT2D eigenvalue weighted by molar-refractivity contribution is -0.140. The van der Waals surface area contributed by atoms with E-state index in [1.165, 1.54) is 4.90 Å². The Kier molecular flexibility index (Phi) is 5.06. The third-order valence-corrected chi connectivity index (χ3v) is 5.41. The zero-order chi connectivity index (χ0) is 19.5. The topological polar surface area (TPSA) is 84.3 Å². The number of likely N-dealkylation sites (tertiary alicyclic amines) is 1. The first-order valence-electron chi connectivity index (χ1n) is 9.48. The van der Waals surface area contributed by atoms with E-state index in [0.717, 1.165) is 11.3 Å². The minimum absolute atomic E-state index is 0.109. The number of hydrogen-bond donors (Lipinski definition) is 1. The van der Waals surface area contributed by atoms with Crippen LogP contribution in [0.1, 0.15) is 24.8 Å². The average molecular weight is 378 g/mol. The maximum Gasteiger partial charge on any atom is 0.233 e. The number of nitrogens with zero attached hydrogens (tertiary/aromatic N) is 3. The minimum Gasteiger partial charge on any atom is -0.352 e. The van der Waals surface area contributed by atoms with Crippen LogP contribution in [0.5, 0.6) is 0 Å². The van der Waals surface area contributed by atoms with E-state index in [4.69, 9.17) is 0 Å². The first-order chi connectivity index (χ1) is 13.6. The number of carbonyl (C=O) groups is 3. The van der Waals surface area contributed by atoms with Gasteiger partial charge in [0.25, 0.3) is 0 Å². The van der Waals surface area contributed by atoms with Crippen LogP contribution in [0.2, 0.25) is 0 Å². The Morgan fingerprint density at radius 2 is 1.82 bits per heavy atom. The molecule has 2 aliphatic rings. The Hall–Kier alpha value is -3.22. The summed E-state index contributed by atoms with van der Waals surface area (Å²) < 4.78 is 1.89. The van der Waals surface area contributed by atoms with Crippen molar-refractivity contribution in [3.05, 3.63) is 60.7 Å². The van der Waals surface area contributed by atoms with Gasteiger partial charge in [0, 0.05) is 31.9 Å². The predicted molar refractivity (Wildman–Crippen MR) is 102 cm³/mol. The number of imide groups is 1. The highest BCUT2D eigenvalue weighted by Gasteiger charge is 2.46. The van der Waals surface area contributed by atoms with Gasteiger partial charge in [-0.25, -0.2) is 4.98 Å². The summed E-state index contributed by atoms with van der Waals surface area (Å²) in [6.45, 7) is 0.504. The summed E-state index contributed by atoms with van der Waals surface area (Å²) in [5.41, 5.74) is 1.90. The normalized spacial score (nSPS) is 21.1. The van der Waals surface area contributed by atoms with Gasteiger partial charge >= 0.3 is 0 Å². The Bertz CT molecular complexity index is 893. The maximum absolute atomic E-state index is 12.4. The van der Waals surface area contributed by atoms with Crippen molar-refractivity contribution in [3.63, 3.8) is 0 Å². The van der Waals surface area contributed by atoms with Crippen molar-refractivity contribution >= 4 is 17.7 Å². The highest BCUT2D eigenvalue weighted by molar-refractivity contribution is 6.05. The molecule has 2 heterocycles. The Balaban J connectivity index is 1.33. The summed E-state index contributed by atoms with van der Waals surface area (Å²) in [4.78, 5) is 42.5. The van der Waals surface area contributed by atoms with Crippen molar-refractivity contribution in [2.24, 2.45) is 11.8 Å². The molecule has 2 atom stereocenters. The van der Waals surface area contributed by atoms with Gasteiger partial charge in [0.2, 0.25) is 17.7 Å². The smallest absolute Gasteiger partial charge is 0.233 e. The second-order valence-corrected chi connectivity index (χ2v) is 7.11. The fourth-order valence-corrected chi connectivity index (χ4v) is 3.90. The Morgan fingerprint density at radius 3 is 2.50 bits per heavy atom. The monoisotopic (exact) mass is 378 g/mol. The molecule has 0 saturated carbocycles. The molecule has 28 heavy (non-hydrogen) atoms. The van der Waals surface area contributed by atoms with Crippen molar-refractivity contribution in [2.75, 3.05) is 6.54 Å². The molecular formula is C21H22N4O3. The van der Waals surface area contributed by atoms with Gasteiger partial charge in [-0.3, -0.25) is 19.3 Å². The number of fused-ring (bicyclic) bond motifs is 1. The molecule has 0 bridgehead atoms. The van der Waals surface area contributed by atoms with Gasteiger partial charge in [-0.1, -0.05) is 30.4 Å². The summed E-state index contributed by atoms with van der Waals surface area (Å²) in [6.07, 6.45) is 10.5. The molecule has 0 spiro atoms. The molecule has 0 radical (unpaired) electrons. The van der Waals surface area contributed by atoms with E-state index in [-0.39, 0.29) is 42.5 Å². The Morgan fingerprint density at radius 1 is 1.11 bits per heavy atom. The first kappa shape index (κ1) is 18.2. The predicted octanol–water partition coefficient (Wildman–Crippen LogP) is 1.83. The van der Waals surface area contributed by atoms with Crippen LogP contribution in [-0.4, -0.2) is 38.7 Å². The number of benzene rings is 1. The van der Waals surface area contributed by atoms with E-state index in [2.05, 4.69) is 10.3 Å². The summed E-state index contributed by atoms with van der Waals surface area (Å²) >= 11 is 0. The van der Waals surface area contributed by atoms with Crippen molar-refractivity contribution in [1.29, 1.82) is 0 Å². The number of nitrogens with one attached hydrogen (secondary N) is 1. The van der Waals surface area contributed by atoms with Crippen molar-refractivity contribution in [1.82, 2.24) is 19.8 Å². The molecule has 1 aliphatic carbocycles. The number of aromatic nitrogens is 2. The summed E-state index contributed by atoms with van der Waals surface area (Å²) in [6, 6.07) is 7.75. The van der Waals surface area contributed by atoms with Crippen LogP contribution in [0.4, 0.5) is 0 Å². The van der Waals surface area contributed by atoms with Crippen molar-refractivity contribution < 1.29 is 14.4 Å². The van der Waals surface area contributed by atoms with Crippen molar-refractivity contribution in [2.45, 2.75) is 25.8 Å². The quantitative estimate of drug-likeness (QED) is 0.614. The van der Waals surface area contributed by atoms with E-state index >= 15 is 0 Å². The second kappa shape index (κ2) is 7.80. The van der Waals surface area contributed by atoms with Crippen LogP contribution in [0.15, 0.2) is 55.1 Å². The van der Waals surface area contributed by atoms with E-state index < -0.39 is 0 Å². The van der Waals surface area contributed by atoms with Crippen LogP contribution < -0.4 is 5.32 Å². The lowest BCUT2D eigenvalue weighted by atomic mass is 9.85. The summed E-state index contributed by atoms with van der Waals surface area (Å²) in [7, 11) is 0. The highest BCUT2D eigenvalue weighted by atomic mass is 16.2. The summed E-state index contributed by atoms with van der Waals surface area (Å²) in [5.74, 6) is -0.963.